The van der Waals surface area contributed by atoms with Gasteiger partial charge in [-0.1, -0.05) is 18.1 Å². The van der Waals surface area contributed by atoms with E-state index < -0.39 is 0 Å². The Morgan fingerprint density at radius 1 is 1.43 bits per heavy atom. The molecule has 3 rings (SSSR count). The molecule has 1 amide bonds. The van der Waals surface area contributed by atoms with Crippen LogP contribution in [0.4, 0.5) is 5.82 Å². The molecule has 118 valence electrons. The summed E-state index contributed by atoms with van der Waals surface area (Å²) in [6, 6.07) is 7.91. The molecule has 1 aliphatic heterocycles. The van der Waals surface area contributed by atoms with E-state index in [1.54, 1.807) is 0 Å². The number of nitrogens with zero attached hydrogens (tertiary/aromatic N) is 2. The molecule has 1 aromatic heterocycles. The Morgan fingerprint density at radius 3 is 2.83 bits per heavy atom. The molecular formula is C18H19N3O2. The summed E-state index contributed by atoms with van der Waals surface area (Å²) >= 11 is 0. The van der Waals surface area contributed by atoms with Crippen molar-refractivity contribution in [2.45, 2.75) is 32.2 Å². The van der Waals surface area contributed by atoms with Crippen molar-refractivity contribution in [1.29, 1.82) is 0 Å². The van der Waals surface area contributed by atoms with E-state index in [2.05, 4.69) is 16.3 Å². The highest BCUT2D eigenvalue weighted by atomic mass is 16.5. The number of rotatable bonds is 4. The fraction of sp³-hybridized carbons (Fsp3) is 0.333. The minimum absolute atomic E-state index is 0.00735. The van der Waals surface area contributed by atoms with E-state index in [0.29, 0.717) is 6.42 Å². The molecule has 5 nitrogen and oxygen atoms in total. The second-order valence-electron chi connectivity index (χ2n) is 5.85. The van der Waals surface area contributed by atoms with Crippen LogP contribution in [-0.4, -0.2) is 22.3 Å². The third-order valence-corrected chi connectivity index (χ3v) is 3.94. The van der Waals surface area contributed by atoms with Crippen LogP contribution in [0.5, 0.6) is 5.75 Å². The van der Waals surface area contributed by atoms with Crippen molar-refractivity contribution < 1.29 is 9.53 Å². The molecule has 0 aliphatic carbocycles. The average molecular weight is 309 g/mol. The number of nitrogens with one attached hydrogen (secondary N) is 1. The summed E-state index contributed by atoms with van der Waals surface area (Å²) in [6.07, 6.45) is 7.46. The van der Waals surface area contributed by atoms with Gasteiger partial charge in [0.25, 0.3) is 0 Å². The molecule has 1 aliphatic rings. The first kappa shape index (κ1) is 15.2. The summed E-state index contributed by atoms with van der Waals surface area (Å²) < 4.78 is 7.24. The van der Waals surface area contributed by atoms with Gasteiger partial charge in [-0.25, -0.2) is 4.68 Å². The second-order valence-corrected chi connectivity index (χ2v) is 5.85. The van der Waals surface area contributed by atoms with Gasteiger partial charge in [0, 0.05) is 23.9 Å². The molecule has 2 aromatic rings. The lowest BCUT2D eigenvalue weighted by Gasteiger charge is -2.24. The van der Waals surface area contributed by atoms with Crippen molar-refractivity contribution in [3.05, 3.63) is 41.6 Å². The molecule has 0 radical (unpaired) electrons. The van der Waals surface area contributed by atoms with Gasteiger partial charge in [-0.2, -0.15) is 5.10 Å². The molecule has 23 heavy (non-hydrogen) atoms. The van der Waals surface area contributed by atoms with Crippen molar-refractivity contribution in [2.75, 3.05) is 11.9 Å². The Bertz CT molecular complexity index is 754. The van der Waals surface area contributed by atoms with Gasteiger partial charge in [0.2, 0.25) is 5.91 Å². The first-order valence-electron chi connectivity index (χ1n) is 7.63. The number of amides is 1. The lowest BCUT2D eigenvalue weighted by molar-refractivity contribution is -0.116. The van der Waals surface area contributed by atoms with Crippen LogP contribution in [0, 0.1) is 12.3 Å². The van der Waals surface area contributed by atoms with Crippen molar-refractivity contribution in [3.8, 4) is 18.1 Å². The summed E-state index contributed by atoms with van der Waals surface area (Å²) in [5, 5.41) is 7.36. The number of aromatic nitrogens is 2. The highest BCUT2D eigenvalue weighted by Crippen LogP contribution is 2.38. The lowest BCUT2D eigenvalue weighted by Crippen LogP contribution is -2.25. The smallest absolute Gasteiger partial charge is 0.226 e. The van der Waals surface area contributed by atoms with E-state index in [4.69, 9.17) is 11.2 Å². The first-order chi connectivity index (χ1) is 11.1. The molecule has 0 unspecified atom stereocenters. The van der Waals surface area contributed by atoms with E-state index in [0.717, 1.165) is 22.7 Å². The summed E-state index contributed by atoms with van der Waals surface area (Å²) in [5.74, 6) is 3.99. The number of carbonyl (C=O) groups is 1. The maximum Gasteiger partial charge on any atom is 0.226 e. The molecule has 1 aromatic carbocycles. The normalized spacial score (nSPS) is 16.6. The zero-order chi connectivity index (χ0) is 16.4. The summed E-state index contributed by atoms with van der Waals surface area (Å²) in [5.41, 5.74) is 2.12. The van der Waals surface area contributed by atoms with E-state index in [9.17, 15) is 4.79 Å². The molecule has 0 spiro atoms. The maximum absolute atomic E-state index is 12.1. The second kappa shape index (κ2) is 6.17. The molecule has 0 saturated heterocycles. The molecule has 1 N–H and O–H groups in total. The van der Waals surface area contributed by atoms with E-state index >= 15 is 0 Å². The summed E-state index contributed by atoms with van der Waals surface area (Å²) in [6.45, 7) is 4.33. The van der Waals surface area contributed by atoms with Crippen LogP contribution in [0.15, 0.2) is 30.5 Å². The minimum atomic E-state index is 0.00735. The molecule has 1 atom stereocenters. The van der Waals surface area contributed by atoms with Crippen LogP contribution in [0.3, 0.4) is 0 Å². The largest absolute Gasteiger partial charge is 0.481 e. The monoisotopic (exact) mass is 309 g/mol. The Hall–Kier alpha value is -2.74. The predicted octanol–water partition coefficient (Wildman–Crippen LogP) is 2.95. The fourth-order valence-corrected chi connectivity index (χ4v) is 2.85. The van der Waals surface area contributed by atoms with Crippen molar-refractivity contribution in [1.82, 2.24) is 9.78 Å². The molecule has 5 heteroatoms. The number of ether oxygens (including phenoxy) is 1. The minimum Gasteiger partial charge on any atom is -0.481 e. The van der Waals surface area contributed by atoms with Gasteiger partial charge in [-0.05, 0) is 31.5 Å². The third-order valence-electron chi connectivity index (χ3n) is 3.94. The number of benzene rings is 1. The molecule has 0 fully saturated rings. The average Bonchev–Trinajstić information content (AvgIpc) is 2.96. The quantitative estimate of drug-likeness (QED) is 0.883. The Labute approximate surface area is 135 Å². The summed E-state index contributed by atoms with van der Waals surface area (Å²) in [4.78, 5) is 12.1. The Kier molecular flexibility index (Phi) is 4.07. The van der Waals surface area contributed by atoms with Gasteiger partial charge in [-0.15, -0.1) is 6.42 Å². The Balaban J connectivity index is 1.92. The molecule has 0 bridgehead atoms. The topological polar surface area (TPSA) is 56.1 Å². The zero-order valence-electron chi connectivity index (χ0n) is 13.2. The highest BCUT2D eigenvalue weighted by molar-refractivity contribution is 5.94. The predicted molar refractivity (Wildman–Crippen MR) is 88.5 cm³/mol. The molecular weight excluding hydrogens is 290 g/mol. The van der Waals surface area contributed by atoms with Gasteiger partial charge in [-0.3, -0.25) is 4.79 Å². The van der Waals surface area contributed by atoms with Crippen LogP contribution in [-0.2, 0) is 4.79 Å². The highest BCUT2D eigenvalue weighted by Gasteiger charge is 2.30. The lowest BCUT2D eigenvalue weighted by atomic mass is 9.87. The number of carbonyl (C=O) groups excluding carboxylic acids is 1. The van der Waals surface area contributed by atoms with Crippen LogP contribution >= 0.6 is 0 Å². The zero-order valence-corrected chi connectivity index (χ0v) is 13.2. The van der Waals surface area contributed by atoms with Crippen LogP contribution in [0.1, 0.15) is 43.4 Å². The van der Waals surface area contributed by atoms with Gasteiger partial charge >= 0.3 is 0 Å². The number of terminal acetylenes is 1. The SMILES string of the molecule is C#CCOc1ccc([C@H]2CC(=O)Nc3c2cnn3C(C)C)cc1. The van der Waals surface area contributed by atoms with Gasteiger partial charge in [0.05, 0.1) is 6.20 Å². The number of hydrogen-bond donors (Lipinski definition) is 1. The first-order valence-corrected chi connectivity index (χ1v) is 7.63. The number of hydrogen-bond acceptors (Lipinski definition) is 3. The molecule has 0 saturated carbocycles. The van der Waals surface area contributed by atoms with E-state index in [-0.39, 0.29) is 24.5 Å². The van der Waals surface area contributed by atoms with Crippen LogP contribution < -0.4 is 10.1 Å². The number of fused-ring (bicyclic) bond motifs is 1. The molecule has 2 heterocycles. The van der Waals surface area contributed by atoms with Crippen molar-refractivity contribution >= 4 is 11.7 Å². The summed E-state index contributed by atoms with van der Waals surface area (Å²) in [7, 11) is 0. The van der Waals surface area contributed by atoms with Gasteiger partial charge < -0.3 is 10.1 Å². The number of anilines is 1. The standard InChI is InChI=1S/C18H19N3O2/c1-4-9-23-14-7-5-13(6-8-14)15-10-17(22)20-18-16(15)11-19-21(18)12(2)3/h1,5-8,11-12,15H,9-10H2,2-3H3,(H,20,22)/t15-/m1/s1. The Morgan fingerprint density at radius 2 is 2.17 bits per heavy atom. The van der Waals surface area contributed by atoms with Crippen LogP contribution in [0.2, 0.25) is 0 Å². The third kappa shape index (κ3) is 2.93. The van der Waals surface area contributed by atoms with Gasteiger partial charge in [0.15, 0.2) is 0 Å². The van der Waals surface area contributed by atoms with Crippen LogP contribution in [0.25, 0.3) is 0 Å². The van der Waals surface area contributed by atoms with Crippen molar-refractivity contribution in [3.63, 3.8) is 0 Å². The fourth-order valence-electron chi connectivity index (χ4n) is 2.85. The van der Waals surface area contributed by atoms with Gasteiger partial charge in [0.1, 0.15) is 18.2 Å². The van der Waals surface area contributed by atoms with Crippen molar-refractivity contribution in [2.24, 2.45) is 0 Å². The van der Waals surface area contributed by atoms with E-state index in [1.807, 2.05) is 49.0 Å². The van der Waals surface area contributed by atoms with E-state index in [1.165, 1.54) is 0 Å². The maximum atomic E-state index is 12.1.